The number of nitrogens with zero attached hydrogens (tertiary/aromatic N) is 1. The topological polar surface area (TPSA) is 39.2 Å². The molecule has 3 nitrogen and oxygen atoms in total. The number of pyridine rings is 1. The maximum absolute atomic E-state index is 13.3. The van der Waals surface area contributed by atoms with Crippen molar-refractivity contribution in [2.75, 3.05) is 6.61 Å². The third-order valence-corrected chi connectivity index (χ3v) is 2.58. The molecule has 94 valence electrons. The number of alkyl halides is 2. The molecular formula is C10H9F3INO2. The normalized spacial score (nSPS) is 10.7. The van der Waals surface area contributed by atoms with Crippen LogP contribution in [-0.2, 0) is 16.0 Å². The molecule has 1 aromatic heterocycles. The van der Waals surface area contributed by atoms with Gasteiger partial charge in [-0.05, 0) is 35.6 Å². The Bertz CT molecular complexity index is 426. The van der Waals surface area contributed by atoms with E-state index >= 15 is 0 Å². The summed E-state index contributed by atoms with van der Waals surface area (Å²) in [4.78, 5) is 14.9. The zero-order chi connectivity index (χ0) is 13.0. The second-order valence-corrected chi connectivity index (χ2v) is 4.11. The maximum Gasteiger partial charge on any atom is 0.311 e. The van der Waals surface area contributed by atoms with Crippen LogP contribution in [0.3, 0.4) is 0 Å². The van der Waals surface area contributed by atoms with Crippen LogP contribution in [0.25, 0.3) is 0 Å². The van der Waals surface area contributed by atoms with E-state index < -0.39 is 23.8 Å². The van der Waals surface area contributed by atoms with E-state index in [1.807, 2.05) is 0 Å². The second kappa shape index (κ2) is 6.18. The van der Waals surface area contributed by atoms with E-state index in [0.29, 0.717) is 0 Å². The van der Waals surface area contributed by atoms with Gasteiger partial charge in [0.15, 0.2) is 5.82 Å². The number of hydrogen-bond donors (Lipinski definition) is 0. The highest BCUT2D eigenvalue weighted by Crippen LogP contribution is 2.25. The molecule has 0 bridgehead atoms. The first-order valence-electron chi connectivity index (χ1n) is 4.74. The smallest absolute Gasteiger partial charge is 0.311 e. The quantitative estimate of drug-likeness (QED) is 0.472. The number of carbonyl (C=O) groups is 1. The number of rotatable bonds is 4. The van der Waals surface area contributed by atoms with Gasteiger partial charge in [-0.1, -0.05) is 0 Å². The predicted octanol–water partition coefficient (Wildman–Crippen LogP) is 2.87. The number of ether oxygens (including phenoxy) is 1. The number of esters is 1. The largest absolute Gasteiger partial charge is 0.466 e. The third-order valence-electron chi connectivity index (χ3n) is 1.86. The monoisotopic (exact) mass is 359 g/mol. The van der Waals surface area contributed by atoms with Crippen molar-refractivity contribution in [1.82, 2.24) is 4.98 Å². The van der Waals surface area contributed by atoms with Crippen LogP contribution in [0.1, 0.15) is 24.6 Å². The second-order valence-electron chi connectivity index (χ2n) is 3.09. The number of halogens is 4. The zero-order valence-corrected chi connectivity index (χ0v) is 11.0. The summed E-state index contributed by atoms with van der Waals surface area (Å²) in [6, 6.07) is 0.888. The van der Waals surface area contributed by atoms with E-state index in [2.05, 4.69) is 9.72 Å². The minimum atomic E-state index is -2.94. The Morgan fingerprint density at radius 1 is 1.59 bits per heavy atom. The van der Waals surface area contributed by atoms with Crippen LogP contribution in [0.15, 0.2) is 6.07 Å². The van der Waals surface area contributed by atoms with Crippen molar-refractivity contribution in [3.05, 3.63) is 26.8 Å². The van der Waals surface area contributed by atoms with Gasteiger partial charge in [-0.2, -0.15) is 0 Å². The molecule has 0 fully saturated rings. The standard InChI is InChI=1S/C10H9F3INO2/c1-2-17-7(16)4-5-3-6(9(12)13)8(11)10(14)15-5/h3,9H,2,4H2,1H3. The van der Waals surface area contributed by atoms with Gasteiger partial charge in [-0.15, -0.1) is 0 Å². The Balaban J connectivity index is 2.98. The molecule has 0 atom stereocenters. The van der Waals surface area contributed by atoms with Crippen molar-refractivity contribution in [3.63, 3.8) is 0 Å². The van der Waals surface area contributed by atoms with Crippen LogP contribution in [0.2, 0.25) is 0 Å². The molecule has 0 saturated carbocycles. The van der Waals surface area contributed by atoms with Crippen LogP contribution in [0.5, 0.6) is 0 Å². The molecule has 0 spiro atoms. The molecule has 1 heterocycles. The molecule has 0 radical (unpaired) electrons. The average Bonchev–Trinajstić information content (AvgIpc) is 2.23. The Morgan fingerprint density at radius 3 is 2.76 bits per heavy atom. The summed E-state index contributed by atoms with van der Waals surface area (Å²) in [6.07, 6.45) is -3.18. The van der Waals surface area contributed by atoms with E-state index in [-0.39, 0.29) is 22.4 Å². The van der Waals surface area contributed by atoms with Gasteiger partial charge in [-0.25, -0.2) is 18.2 Å². The van der Waals surface area contributed by atoms with E-state index in [0.717, 1.165) is 6.07 Å². The summed E-state index contributed by atoms with van der Waals surface area (Å²) in [5.41, 5.74) is -0.673. The fraction of sp³-hybridized carbons (Fsp3) is 0.400. The van der Waals surface area contributed by atoms with E-state index in [4.69, 9.17) is 0 Å². The molecule has 0 aliphatic rings. The molecule has 0 unspecified atom stereocenters. The highest BCUT2D eigenvalue weighted by molar-refractivity contribution is 14.1. The summed E-state index contributed by atoms with van der Waals surface area (Å²) >= 11 is 1.51. The Hall–Kier alpha value is -0.860. The number of hydrogen-bond acceptors (Lipinski definition) is 3. The highest BCUT2D eigenvalue weighted by atomic mass is 127. The van der Waals surface area contributed by atoms with Gasteiger partial charge in [0, 0.05) is 0 Å². The molecule has 0 aliphatic heterocycles. The molecular weight excluding hydrogens is 350 g/mol. The van der Waals surface area contributed by atoms with Crippen LogP contribution in [0.4, 0.5) is 13.2 Å². The SMILES string of the molecule is CCOC(=O)Cc1cc(C(F)F)c(F)c(I)n1. The van der Waals surface area contributed by atoms with Gasteiger partial charge in [0.05, 0.1) is 24.3 Å². The van der Waals surface area contributed by atoms with E-state index in [1.165, 1.54) is 22.6 Å². The maximum atomic E-state index is 13.3. The molecule has 0 amide bonds. The Labute approximate surface area is 110 Å². The summed E-state index contributed by atoms with van der Waals surface area (Å²) in [5, 5.41) is 0. The molecule has 0 aliphatic carbocycles. The van der Waals surface area contributed by atoms with Gasteiger partial charge in [0.25, 0.3) is 6.43 Å². The lowest BCUT2D eigenvalue weighted by Crippen LogP contribution is -2.11. The first-order chi connectivity index (χ1) is 7.95. The van der Waals surface area contributed by atoms with Crippen molar-refractivity contribution in [2.45, 2.75) is 19.8 Å². The summed E-state index contributed by atoms with van der Waals surface area (Å²) < 4.78 is 42.7. The zero-order valence-electron chi connectivity index (χ0n) is 8.84. The lowest BCUT2D eigenvalue weighted by molar-refractivity contribution is -0.142. The number of aromatic nitrogens is 1. The Morgan fingerprint density at radius 2 is 2.24 bits per heavy atom. The summed E-state index contributed by atoms with van der Waals surface area (Å²) in [6.45, 7) is 1.82. The third kappa shape index (κ3) is 3.83. The van der Waals surface area contributed by atoms with Gasteiger partial charge >= 0.3 is 5.97 Å². The summed E-state index contributed by atoms with van der Waals surface area (Å²) in [7, 11) is 0. The van der Waals surface area contributed by atoms with Crippen molar-refractivity contribution in [2.24, 2.45) is 0 Å². The van der Waals surface area contributed by atoms with Crippen molar-refractivity contribution < 1.29 is 22.7 Å². The van der Waals surface area contributed by atoms with E-state index in [1.54, 1.807) is 6.92 Å². The molecule has 1 aromatic rings. The average molecular weight is 359 g/mol. The minimum absolute atomic E-state index is 0.0737. The molecule has 0 aromatic carbocycles. The lowest BCUT2D eigenvalue weighted by atomic mass is 10.2. The van der Waals surface area contributed by atoms with Crippen LogP contribution in [-0.4, -0.2) is 17.6 Å². The fourth-order valence-corrected chi connectivity index (χ4v) is 1.80. The van der Waals surface area contributed by atoms with Crippen molar-refractivity contribution >= 4 is 28.6 Å². The van der Waals surface area contributed by atoms with Gasteiger partial charge in [-0.3, -0.25) is 4.79 Å². The number of carbonyl (C=O) groups excluding carboxylic acids is 1. The van der Waals surface area contributed by atoms with Gasteiger partial charge in [0.2, 0.25) is 0 Å². The van der Waals surface area contributed by atoms with E-state index in [9.17, 15) is 18.0 Å². The molecule has 1 rings (SSSR count). The van der Waals surface area contributed by atoms with Gasteiger partial charge < -0.3 is 4.74 Å². The first kappa shape index (κ1) is 14.2. The molecule has 7 heteroatoms. The van der Waals surface area contributed by atoms with Crippen molar-refractivity contribution in [3.8, 4) is 0 Å². The van der Waals surface area contributed by atoms with Crippen LogP contribution >= 0.6 is 22.6 Å². The lowest BCUT2D eigenvalue weighted by Gasteiger charge is -2.07. The molecule has 0 saturated heterocycles. The highest BCUT2D eigenvalue weighted by Gasteiger charge is 2.19. The molecule has 0 N–H and O–H groups in total. The Kier molecular flexibility index (Phi) is 5.16. The fourth-order valence-electron chi connectivity index (χ4n) is 1.18. The van der Waals surface area contributed by atoms with Crippen molar-refractivity contribution in [1.29, 1.82) is 0 Å². The molecule has 17 heavy (non-hydrogen) atoms. The van der Waals surface area contributed by atoms with Crippen LogP contribution < -0.4 is 0 Å². The minimum Gasteiger partial charge on any atom is -0.466 e. The predicted molar refractivity (Wildman–Crippen MR) is 62.2 cm³/mol. The van der Waals surface area contributed by atoms with Crippen LogP contribution in [0, 0.1) is 9.52 Å². The van der Waals surface area contributed by atoms with Gasteiger partial charge in [0.1, 0.15) is 3.70 Å². The first-order valence-corrected chi connectivity index (χ1v) is 5.82. The summed E-state index contributed by atoms with van der Waals surface area (Å²) in [5.74, 6) is -1.63.